The first-order chi connectivity index (χ1) is 13.3. The van der Waals surface area contributed by atoms with Gasteiger partial charge in [-0.05, 0) is 25.1 Å². The number of oxazole rings is 1. The van der Waals surface area contributed by atoms with Gasteiger partial charge < -0.3 is 19.4 Å². The molecule has 3 rings (SSSR count). The highest BCUT2D eigenvalue weighted by Crippen LogP contribution is 2.28. The van der Waals surface area contributed by atoms with Crippen LogP contribution < -0.4 is 10.1 Å². The van der Waals surface area contributed by atoms with E-state index < -0.39 is 5.91 Å². The van der Waals surface area contributed by atoms with Gasteiger partial charge in [0.15, 0.2) is 5.69 Å². The van der Waals surface area contributed by atoms with Gasteiger partial charge >= 0.3 is 0 Å². The summed E-state index contributed by atoms with van der Waals surface area (Å²) in [6.45, 7) is 1.66. The fourth-order valence-electron chi connectivity index (χ4n) is 2.63. The Morgan fingerprint density at radius 2 is 2.04 bits per heavy atom. The third-order valence-electron chi connectivity index (χ3n) is 4.07. The number of aromatic nitrogens is 3. The van der Waals surface area contributed by atoms with E-state index in [0.717, 1.165) is 0 Å². The van der Waals surface area contributed by atoms with Crippen LogP contribution in [0.2, 0.25) is 0 Å². The number of nitrogens with one attached hydrogen (secondary N) is 1. The van der Waals surface area contributed by atoms with Crippen LogP contribution in [-0.2, 0) is 7.05 Å². The van der Waals surface area contributed by atoms with Gasteiger partial charge in [-0.25, -0.2) is 4.98 Å². The van der Waals surface area contributed by atoms with Crippen molar-refractivity contribution in [3.63, 3.8) is 0 Å². The smallest absolute Gasteiger partial charge is 0.278 e. The van der Waals surface area contributed by atoms with Crippen molar-refractivity contribution >= 4 is 17.5 Å². The van der Waals surface area contributed by atoms with Crippen molar-refractivity contribution < 1.29 is 18.7 Å². The molecule has 9 nitrogen and oxygen atoms in total. The number of methoxy groups -OCH3 is 1. The van der Waals surface area contributed by atoms with Crippen molar-refractivity contribution in [2.45, 2.75) is 6.92 Å². The minimum Gasteiger partial charge on any atom is -0.495 e. The lowest BCUT2D eigenvalue weighted by Crippen LogP contribution is -2.22. The number of hydrogen-bond donors (Lipinski definition) is 1. The van der Waals surface area contributed by atoms with Gasteiger partial charge in [0.1, 0.15) is 11.5 Å². The minimum absolute atomic E-state index is 0.161. The van der Waals surface area contributed by atoms with E-state index in [0.29, 0.717) is 34.2 Å². The zero-order chi connectivity index (χ0) is 20.4. The molecule has 0 saturated heterocycles. The van der Waals surface area contributed by atoms with E-state index in [1.54, 1.807) is 63.3 Å². The third kappa shape index (κ3) is 3.73. The Bertz CT molecular complexity index is 1030. The summed E-state index contributed by atoms with van der Waals surface area (Å²) in [7, 11) is 6.58. The second kappa shape index (κ2) is 7.55. The molecule has 1 N–H and O–H groups in total. The van der Waals surface area contributed by atoms with Crippen LogP contribution in [0.15, 0.2) is 35.0 Å². The van der Waals surface area contributed by atoms with Crippen LogP contribution in [0.3, 0.4) is 0 Å². The van der Waals surface area contributed by atoms with Crippen LogP contribution in [-0.4, -0.2) is 52.7 Å². The molecule has 0 saturated carbocycles. The number of aryl methyl sites for hydroxylation is 2. The maximum absolute atomic E-state index is 12.7. The maximum Gasteiger partial charge on any atom is 0.278 e. The Balaban J connectivity index is 1.85. The first-order valence-electron chi connectivity index (χ1n) is 8.47. The third-order valence-corrected chi connectivity index (χ3v) is 4.07. The van der Waals surface area contributed by atoms with E-state index in [1.165, 1.54) is 12.0 Å². The molecule has 0 aliphatic carbocycles. The Morgan fingerprint density at radius 1 is 1.29 bits per heavy atom. The number of anilines is 1. The van der Waals surface area contributed by atoms with Gasteiger partial charge in [-0.15, -0.1) is 0 Å². The van der Waals surface area contributed by atoms with Gasteiger partial charge in [-0.1, -0.05) is 0 Å². The summed E-state index contributed by atoms with van der Waals surface area (Å²) in [6, 6.07) is 4.82. The highest BCUT2D eigenvalue weighted by molar-refractivity contribution is 6.05. The minimum atomic E-state index is -0.443. The molecule has 0 aliphatic heterocycles. The number of ether oxygens (including phenoxy) is 1. The maximum atomic E-state index is 12.7. The predicted molar refractivity (Wildman–Crippen MR) is 102 cm³/mol. The normalized spacial score (nSPS) is 10.6. The zero-order valence-electron chi connectivity index (χ0n) is 16.3. The SMILES string of the molecule is COc1cc(C(=O)N(C)C)ccc1NC(=O)c1nc(-c2cnn(C)c2)oc1C. The number of carbonyl (C=O) groups is 2. The van der Waals surface area contributed by atoms with Crippen LogP contribution >= 0.6 is 0 Å². The van der Waals surface area contributed by atoms with E-state index in [2.05, 4.69) is 15.4 Å². The molecule has 0 radical (unpaired) electrons. The number of amides is 2. The number of rotatable bonds is 5. The van der Waals surface area contributed by atoms with Crippen molar-refractivity contribution in [2.75, 3.05) is 26.5 Å². The standard InChI is InChI=1S/C19H21N5O4/c1-11-16(22-18(28-11)13-9-20-24(4)10-13)17(25)21-14-7-6-12(8-15(14)27-5)19(26)23(2)3/h6-10H,1-5H3,(H,21,25). The fourth-order valence-corrected chi connectivity index (χ4v) is 2.63. The summed E-state index contributed by atoms with van der Waals surface area (Å²) in [6.07, 6.45) is 3.35. The van der Waals surface area contributed by atoms with Crippen molar-refractivity contribution in [3.8, 4) is 17.2 Å². The molecule has 1 aromatic carbocycles. The highest BCUT2D eigenvalue weighted by atomic mass is 16.5. The summed E-state index contributed by atoms with van der Waals surface area (Å²) >= 11 is 0. The summed E-state index contributed by atoms with van der Waals surface area (Å²) < 4.78 is 12.5. The summed E-state index contributed by atoms with van der Waals surface area (Å²) in [5.41, 5.74) is 1.72. The molecule has 9 heteroatoms. The van der Waals surface area contributed by atoms with Crippen molar-refractivity contribution in [1.82, 2.24) is 19.7 Å². The van der Waals surface area contributed by atoms with Gasteiger partial charge in [0.2, 0.25) is 5.89 Å². The lowest BCUT2D eigenvalue weighted by atomic mass is 10.1. The summed E-state index contributed by atoms with van der Waals surface area (Å²) in [5.74, 6) is 0.463. The van der Waals surface area contributed by atoms with Crippen LogP contribution in [0.25, 0.3) is 11.5 Å². The van der Waals surface area contributed by atoms with Crippen LogP contribution in [0.5, 0.6) is 5.75 Å². The molecule has 146 valence electrons. The molecular weight excluding hydrogens is 362 g/mol. The van der Waals surface area contributed by atoms with Crippen molar-refractivity contribution in [1.29, 1.82) is 0 Å². The molecule has 2 aromatic heterocycles. The molecule has 0 unspecified atom stereocenters. The second-order valence-electron chi connectivity index (χ2n) is 6.40. The fraction of sp³-hybridized carbons (Fsp3) is 0.263. The summed E-state index contributed by atoms with van der Waals surface area (Å²) in [5, 5.41) is 6.82. The van der Waals surface area contributed by atoms with Crippen molar-refractivity contribution in [3.05, 3.63) is 47.6 Å². The second-order valence-corrected chi connectivity index (χ2v) is 6.40. The zero-order valence-corrected chi connectivity index (χ0v) is 16.3. The quantitative estimate of drug-likeness (QED) is 0.725. The van der Waals surface area contributed by atoms with E-state index in [9.17, 15) is 9.59 Å². The number of carbonyl (C=O) groups excluding carboxylic acids is 2. The molecule has 0 bridgehead atoms. The van der Waals surface area contributed by atoms with Crippen molar-refractivity contribution in [2.24, 2.45) is 7.05 Å². The molecule has 2 heterocycles. The van der Waals surface area contributed by atoms with Gasteiger partial charge in [-0.3, -0.25) is 14.3 Å². The van der Waals surface area contributed by atoms with Crippen LogP contribution in [0.1, 0.15) is 26.6 Å². The van der Waals surface area contributed by atoms with E-state index in [1.807, 2.05) is 0 Å². The lowest BCUT2D eigenvalue weighted by molar-refractivity contribution is 0.0827. The number of nitrogens with zero attached hydrogens (tertiary/aromatic N) is 4. The average Bonchev–Trinajstić information content (AvgIpc) is 3.26. The number of hydrogen-bond acceptors (Lipinski definition) is 6. The average molecular weight is 383 g/mol. The largest absolute Gasteiger partial charge is 0.495 e. The Kier molecular flexibility index (Phi) is 5.16. The molecule has 0 fully saturated rings. The van der Waals surface area contributed by atoms with E-state index >= 15 is 0 Å². The molecule has 2 amide bonds. The Morgan fingerprint density at radius 3 is 2.64 bits per heavy atom. The molecule has 0 aliphatic rings. The van der Waals surface area contributed by atoms with E-state index in [4.69, 9.17) is 9.15 Å². The lowest BCUT2D eigenvalue weighted by Gasteiger charge is -2.14. The Hall–Kier alpha value is -3.62. The topological polar surface area (TPSA) is 102 Å². The van der Waals surface area contributed by atoms with Gasteiger partial charge in [-0.2, -0.15) is 5.10 Å². The first kappa shape index (κ1) is 19.2. The monoisotopic (exact) mass is 383 g/mol. The van der Waals surface area contributed by atoms with Gasteiger partial charge in [0.05, 0.1) is 24.6 Å². The van der Waals surface area contributed by atoms with E-state index in [-0.39, 0.29) is 11.6 Å². The first-order valence-corrected chi connectivity index (χ1v) is 8.47. The highest BCUT2D eigenvalue weighted by Gasteiger charge is 2.21. The molecule has 3 aromatic rings. The molecule has 28 heavy (non-hydrogen) atoms. The summed E-state index contributed by atoms with van der Waals surface area (Å²) in [4.78, 5) is 30.5. The van der Waals surface area contributed by atoms with Gasteiger partial charge in [0, 0.05) is 32.9 Å². The molecule has 0 spiro atoms. The Labute approximate surface area is 161 Å². The molecule has 0 atom stereocenters. The molecular formula is C19H21N5O4. The van der Waals surface area contributed by atoms with Crippen LogP contribution in [0.4, 0.5) is 5.69 Å². The van der Waals surface area contributed by atoms with Gasteiger partial charge in [0.25, 0.3) is 11.8 Å². The van der Waals surface area contributed by atoms with Crippen LogP contribution in [0, 0.1) is 6.92 Å². The predicted octanol–water partition coefficient (Wildman–Crippen LogP) is 2.35. The number of benzene rings is 1.